The van der Waals surface area contributed by atoms with Crippen LogP contribution in [-0.2, 0) is 22.6 Å². The molecule has 0 atom stereocenters. The Morgan fingerprint density at radius 3 is 2.56 bits per heavy atom. The van der Waals surface area contributed by atoms with Crippen LogP contribution in [0.2, 0.25) is 0 Å². The predicted octanol–water partition coefficient (Wildman–Crippen LogP) is 2.39. The molecule has 25 heavy (non-hydrogen) atoms. The smallest absolute Gasteiger partial charge is 0.303 e. The van der Waals surface area contributed by atoms with Gasteiger partial charge in [-0.05, 0) is 38.0 Å². The van der Waals surface area contributed by atoms with Crippen molar-refractivity contribution < 1.29 is 24.0 Å². The Bertz CT molecular complexity index is 702. The molecule has 7 heteroatoms. The van der Waals surface area contributed by atoms with E-state index in [1.54, 1.807) is 19.1 Å². The number of nitrogens with zero attached hydrogens (tertiary/aromatic N) is 1. The first-order valence-electron chi connectivity index (χ1n) is 8.07. The topological polar surface area (TPSA) is 102 Å². The maximum Gasteiger partial charge on any atom is 0.303 e. The van der Waals surface area contributed by atoms with Crippen molar-refractivity contribution in [2.24, 2.45) is 0 Å². The van der Waals surface area contributed by atoms with Crippen molar-refractivity contribution in [2.75, 3.05) is 6.61 Å². The van der Waals surface area contributed by atoms with Gasteiger partial charge in [0.2, 0.25) is 5.91 Å². The number of aliphatic carboxylic acids is 1. The van der Waals surface area contributed by atoms with Gasteiger partial charge in [0.1, 0.15) is 11.5 Å². The minimum Gasteiger partial charge on any atom is -0.494 e. The minimum absolute atomic E-state index is 0.0925. The van der Waals surface area contributed by atoms with Crippen LogP contribution in [0.5, 0.6) is 5.75 Å². The summed E-state index contributed by atoms with van der Waals surface area (Å²) < 4.78 is 10.5. The van der Waals surface area contributed by atoms with Gasteiger partial charge in [0.25, 0.3) is 0 Å². The van der Waals surface area contributed by atoms with E-state index in [1.807, 2.05) is 19.1 Å². The van der Waals surface area contributed by atoms with Gasteiger partial charge in [0.15, 0.2) is 0 Å². The lowest BCUT2D eigenvalue weighted by atomic mass is 10.1. The highest BCUT2D eigenvalue weighted by molar-refractivity contribution is 5.79. The fraction of sp³-hybridized carbons (Fsp3) is 0.389. The number of aromatic nitrogens is 1. The lowest BCUT2D eigenvalue weighted by molar-refractivity contribution is -0.137. The Balaban J connectivity index is 1.75. The normalized spacial score (nSPS) is 10.5. The average Bonchev–Trinajstić information content (AvgIpc) is 2.89. The summed E-state index contributed by atoms with van der Waals surface area (Å²) >= 11 is 0. The third kappa shape index (κ3) is 5.95. The van der Waals surface area contributed by atoms with Crippen molar-refractivity contribution in [2.45, 2.75) is 39.7 Å². The second kappa shape index (κ2) is 8.86. The molecule has 0 aliphatic rings. The number of nitrogens with one attached hydrogen (secondary N) is 1. The van der Waals surface area contributed by atoms with Crippen molar-refractivity contribution in [3.05, 3.63) is 46.8 Å². The molecule has 1 aromatic heterocycles. The molecule has 0 aliphatic heterocycles. The number of carboxylic acid groups (broad SMARTS) is 1. The van der Waals surface area contributed by atoms with E-state index in [0.717, 1.165) is 16.8 Å². The van der Waals surface area contributed by atoms with E-state index in [0.29, 0.717) is 31.1 Å². The van der Waals surface area contributed by atoms with Gasteiger partial charge in [-0.15, -0.1) is 0 Å². The third-order valence-electron chi connectivity index (χ3n) is 3.74. The van der Waals surface area contributed by atoms with E-state index in [1.165, 1.54) is 0 Å². The van der Waals surface area contributed by atoms with Gasteiger partial charge < -0.3 is 19.7 Å². The van der Waals surface area contributed by atoms with Gasteiger partial charge >= 0.3 is 5.97 Å². The first-order valence-corrected chi connectivity index (χ1v) is 8.07. The van der Waals surface area contributed by atoms with Crippen LogP contribution in [0.15, 0.2) is 28.8 Å². The van der Waals surface area contributed by atoms with E-state index in [9.17, 15) is 9.59 Å². The van der Waals surface area contributed by atoms with Crippen LogP contribution in [-0.4, -0.2) is 28.7 Å². The molecule has 1 heterocycles. The largest absolute Gasteiger partial charge is 0.494 e. The van der Waals surface area contributed by atoms with Crippen molar-refractivity contribution in [1.82, 2.24) is 10.5 Å². The van der Waals surface area contributed by atoms with Crippen LogP contribution in [0.25, 0.3) is 0 Å². The number of ether oxygens (including phenoxy) is 1. The number of carboxylic acids is 1. The summed E-state index contributed by atoms with van der Waals surface area (Å²) in [4.78, 5) is 22.5. The molecule has 7 nitrogen and oxygen atoms in total. The van der Waals surface area contributed by atoms with Gasteiger partial charge in [-0.25, -0.2) is 0 Å². The van der Waals surface area contributed by atoms with Crippen molar-refractivity contribution in [3.8, 4) is 5.75 Å². The molecule has 0 aliphatic carbocycles. The van der Waals surface area contributed by atoms with Crippen molar-refractivity contribution in [1.29, 1.82) is 0 Å². The molecule has 0 fully saturated rings. The molecule has 2 N–H and O–H groups in total. The first-order chi connectivity index (χ1) is 12.0. The van der Waals surface area contributed by atoms with Crippen LogP contribution in [0, 0.1) is 13.8 Å². The van der Waals surface area contributed by atoms with Crippen LogP contribution >= 0.6 is 0 Å². The minimum atomic E-state index is -0.828. The molecule has 1 amide bonds. The third-order valence-corrected chi connectivity index (χ3v) is 3.74. The number of hydrogen-bond acceptors (Lipinski definition) is 5. The Kier molecular flexibility index (Phi) is 6.56. The van der Waals surface area contributed by atoms with Crippen LogP contribution in [0.1, 0.15) is 35.4 Å². The second-order valence-corrected chi connectivity index (χ2v) is 5.75. The monoisotopic (exact) mass is 346 g/mol. The number of hydrogen-bond donors (Lipinski definition) is 2. The zero-order valence-electron chi connectivity index (χ0n) is 14.4. The Labute approximate surface area is 146 Å². The summed E-state index contributed by atoms with van der Waals surface area (Å²) in [6.07, 6.45) is 0.802. The van der Waals surface area contributed by atoms with Gasteiger partial charge in [-0.3, -0.25) is 9.59 Å². The molecule has 1 aromatic carbocycles. The highest BCUT2D eigenvalue weighted by Crippen LogP contribution is 2.14. The summed E-state index contributed by atoms with van der Waals surface area (Å²) in [5.41, 5.74) is 2.50. The Hall–Kier alpha value is -2.83. The Morgan fingerprint density at radius 1 is 1.24 bits per heavy atom. The SMILES string of the molecule is Cc1noc(C)c1CC(=O)NCc1ccc(OCCCC(=O)O)cc1. The molecule has 0 bridgehead atoms. The number of rotatable bonds is 9. The van der Waals surface area contributed by atoms with Gasteiger partial charge in [-0.2, -0.15) is 0 Å². The number of aryl methyl sites for hydroxylation is 2. The van der Waals surface area contributed by atoms with Crippen LogP contribution < -0.4 is 10.1 Å². The summed E-state index contributed by atoms with van der Waals surface area (Å²) in [6.45, 7) is 4.38. The zero-order valence-corrected chi connectivity index (χ0v) is 14.4. The van der Waals surface area contributed by atoms with E-state index >= 15 is 0 Å². The second-order valence-electron chi connectivity index (χ2n) is 5.75. The summed E-state index contributed by atoms with van der Waals surface area (Å²) in [6, 6.07) is 7.33. The average molecular weight is 346 g/mol. The lowest BCUT2D eigenvalue weighted by Gasteiger charge is -2.08. The zero-order chi connectivity index (χ0) is 18.2. The molecule has 0 spiro atoms. The predicted molar refractivity (Wildman–Crippen MR) is 90.3 cm³/mol. The number of amides is 1. The summed E-state index contributed by atoms with van der Waals surface area (Å²) in [5.74, 6) is 0.419. The highest BCUT2D eigenvalue weighted by Gasteiger charge is 2.13. The quantitative estimate of drug-likeness (QED) is 0.676. The maximum absolute atomic E-state index is 12.0. The highest BCUT2D eigenvalue weighted by atomic mass is 16.5. The molecule has 134 valence electrons. The van der Waals surface area contributed by atoms with Crippen molar-refractivity contribution >= 4 is 11.9 Å². The molecule has 0 radical (unpaired) electrons. The standard InChI is InChI=1S/C18H22N2O5/c1-12-16(13(2)25-20-12)10-17(21)19-11-14-5-7-15(8-6-14)24-9-3-4-18(22)23/h5-8H,3-4,9-11H2,1-2H3,(H,19,21)(H,22,23). The van der Waals surface area contributed by atoms with E-state index < -0.39 is 5.97 Å². The van der Waals surface area contributed by atoms with Gasteiger partial charge in [0.05, 0.1) is 18.7 Å². The molecule has 0 unspecified atom stereocenters. The van der Waals surface area contributed by atoms with E-state index in [2.05, 4.69) is 10.5 Å². The summed E-state index contributed by atoms with van der Waals surface area (Å²) in [5, 5.41) is 15.3. The Morgan fingerprint density at radius 2 is 1.96 bits per heavy atom. The fourth-order valence-electron chi connectivity index (χ4n) is 2.29. The summed E-state index contributed by atoms with van der Waals surface area (Å²) in [7, 11) is 0. The van der Waals surface area contributed by atoms with E-state index in [-0.39, 0.29) is 18.7 Å². The first kappa shape index (κ1) is 18.5. The van der Waals surface area contributed by atoms with E-state index in [4.69, 9.17) is 14.4 Å². The molecule has 0 saturated carbocycles. The number of carbonyl (C=O) groups is 2. The molecule has 2 rings (SSSR count). The van der Waals surface area contributed by atoms with Gasteiger partial charge in [0, 0.05) is 18.5 Å². The fourth-order valence-corrected chi connectivity index (χ4v) is 2.29. The maximum atomic E-state index is 12.0. The lowest BCUT2D eigenvalue weighted by Crippen LogP contribution is -2.24. The number of benzene rings is 1. The van der Waals surface area contributed by atoms with Crippen LogP contribution in [0.4, 0.5) is 0 Å². The number of carbonyl (C=O) groups excluding carboxylic acids is 1. The molecule has 2 aromatic rings. The molecule has 0 saturated heterocycles. The van der Waals surface area contributed by atoms with Crippen molar-refractivity contribution in [3.63, 3.8) is 0 Å². The van der Waals surface area contributed by atoms with Gasteiger partial charge in [-0.1, -0.05) is 17.3 Å². The van der Waals surface area contributed by atoms with Crippen LogP contribution in [0.3, 0.4) is 0 Å². The molecular weight excluding hydrogens is 324 g/mol. The molecular formula is C18H22N2O5.